The van der Waals surface area contributed by atoms with Crippen LogP contribution in [0.2, 0.25) is 0 Å². The van der Waals surface area contributed by atoms with Crippen molar-refractivity contribution in [3.05, 3.63) is 41.7 Å². The Labute approximate surface area is 104 Å². The van der Waals surface area contributed by atoms with Gasteiger partial charge < -0.3 is 9.47 Å². The molecule has 0 amide bonds. The minimum Gasteiger partial charge on any atom is -0.454 e. The topological polar surface area (TPSA) is 48.4 Å². The van der Waals surface area contributed by atoms with Crippen molar-refractivity contribution in [3.8, 4) is 22.6 Å². The lowest BCUT2D eigenvalue weighted by Gasteiger charge is -2.08. The van der Waals surface area contributed by atoms with Gasteiger partial charge in [0.15, 0.2) is 17.8 Å². The zero-order valence-electron chi connectivity index (χ0n) is 9.84. The van der Waals surface area contributed by atoms with Gasteiger partial charge in [0.2, 0.25) is 6.79 Å². The summed E-state index contributed by atoms with van der Waals surface area (Å²) in [7, 11) is 0. The molecule has 1 aliphatic rings. The fourth-order valence-electron chi connectivity index (χ4n) is 2.06. The highest BCUT2D eigenvalue weighted by molar-refractivity contribution is 5.90. The Bertz CT molecular complexity index is 622. The first kappa shape index (κ1) is 10.8. The Kier molecular flexibility index (Phi) is 2.48. The highest BCUT2D eigenvalue weighted by Gasteiger charge is 2.18. The van der Waals surface area contributed by atoms with Crippen molar-refractivity contribution < 1.29 is 14.3 Å². The van der Waals surface area contributed by atoms with E-state index in [9.17, 15) is 4.79 Å². The molecule has 4 nitrogen and oxygen atoms in total. The standard InChI is InChI=1S/C14H11NO3/c1-9-11(3-2-4-15-9)12-6-14-13(17-8-18-14)5-10(12)7-16/h2-7H,8H2,1H3. The van der Waals surface area contributed by atoms with Crippen LogP contribution in [0.4, 0.5) is 0 Å². The van der Waals surface area contributed by atoms with Crippen LogP contribution in [0.15, 0.2) is 30.5 Å². The molecule has 0 saturated carbocycles. The summed E-state index contributed by atoms with van der Waals surface area (Å²) >= 11 is 0. The molecule has 2 heterocycles. The molecule has 4 heteroatoms. The van der Waals surface area contributed by atoms with E-state index in [0.717, 1.165) is 23.1 Å². The fraction of sp³-hybridized carbons (Fsp3) is 0.143. The number of hydrogen-bond donors (Lipinski definition) is 0. The Morgan fingerprint density at radius 1 is 1.22 bits per heavy atom. The lowest BCUT2D eigenvalue weighted by atomic mass is 9.98. The molecule has 0 atom stereocenters. The number of benzene rings is 1. The van der Waals surface area contributed by atoms with Gasteiger partial charge in [0.25, 0.3) is 0 Å². The van der Waals surface area contributed by atoms with Crippen molar-refractivity contribution in [2.24, 2.45) is 0 Å². The number of aryl methyl sites for hydroxylation is 1. The molecule has 0 radical (unpaired) electrons. The highest BCUT2D eigenvalue weighted by Crippen LogP contribution is 2.38. The molecular weight excluding hydrogens is 230 g/mol. The molecule has 1 aromatic carbocycles. The van der Waals surface area contributed by atoms with E-state index in [1.165, 1.54) is 0 Å². The predicted molar refractivity (Wildman–Crippen MR) is 65.9 cm³/mol. The minimum absolute atomic E-state index is 0.198. The van der Waals surface area contributed by atoms with E-state index < -0.39 is 0 Å². The number of aldehydes is 1. The molecular formula is C14H11NO3. The van der Waals surface area contributed by atoms with E-state index in [1.807, 2.05) is 25.1 Å². The predicted octanol–water partition coefficient (Wildman–Crippen LogP) is 2.60. The van der Waals surface area contributed by atoms with Gasteiger partial charge in [-0.2, -0.15) is 0 Å². The summed E-state index contributed by atoms with van der Waals surface area (Å²) in [6, 6.07) is 7.32. The maximum atomic E-state index is 11.2. The number of nitrogens with zero attached hydrogens (tertiary/aromatic N) is 1. The van der Waals surface area contributed by atoms with Gasteiger partial charge in [0, 0.05) is 23.0 Å². The van der Waals surface area contributed by atoms with E-state index in [4.69, 9.17) is 9.47 Å². The lowest BCUT2D eigenvalue weighted by Crippen LogP contribution is -1.92. The largest absolute Gasteiger partial charge is 0.454 e. The van der Waals surface area contributed by atoms with Gasteiger partial charge in [0.05, 0.1) is 0 Å². The Hall–Kier alpha value is -2.36. The molecule has 0 aliphatic carbocycles. The lowest BCUT2D eigenvalue weighted by molar-refractivity contribution is 0.112. The molecule has 1 aromatic heterocycles. The third-order valence-corrected chi connectivity index (χ3v) is 2.97. The number of carbonyl (C=O) groups excluding carboxylic acids is 1. The van der Waals surface area contributed by atoms with E-state index in [0.29, 0.717) is 17.1 Å². The normalized spacial score (nSPS) is 12.5. The maximum absolute atomic E-state index is 11.2. The Morgan fingerprint density at radius 2 is 2.00 bits per heavy atom. The van der Waals surface area contributed by atoms with E-state index >= 15 is 0 Å². The van der Waals surface area contributed by atoms with Crippen LogP contribution in [-0.4, -0.2) is 18.1 Å². The first-order valence-electron chi connectivity index (χ1n) is 5.60. The minimum atomic E-state index is 0.198. The molecule has 2 aromatic rings. The third-order valence-electron chi connectivity index (χ3n) is 2.97. The Morgan fingerprint density at radius 3 is 2.72 bits per heavy atom. The summed E-state index contributed by atoms with van der Waals surface area (Å²) < 4.78 is 10.6. The van der Waals surface area contributed by atoms with Gasteiger partial charge in [-0.05, 0) is 30.7 Å². The zero-order valence-corrected chi connectivity index (χ0v) is 9.84. The summed E-state index contributed by atoms with van der Waals surface area (Å²) in [6.07, 6.45) is 2.55. The number of rotatable bonds is 2. The molecule has 0 spiro atoms. The molecule has 0 fully saturated rings. The number of pyridine rings is 1. The van der Waals surface area contributed by atoms with Crippen molar-refractivity contribution in [1.29, 1.82) is 0 Å². The number of carbonyl (C=O) groups is 1. The quantitative estimate of drug-likeness (QED) is 0.758. The smallest absolute Gasteiger partial charge is 0.231 e. The molecule has 1 aliphatic heterocycles. The van der Waals surface area contributed by atoms with E-state index in [2.05, 4.69) is 4.98 Å². The Balaban J connectivity index is 2.23. The second kappa shape index (κ2) is 4.14. The number of aromatic nitrogens is 1. The molecule has 3 rings (SSSR count). The van der Waals surface area contributed by atoms with Gasteiger partial charge in [-0.1, -0.05) is 6.07 Å². The van der Waals surface area contributed by atoms with Crippen molar-refractivity contribution in [2.75, 3.05) is 6.79 Å². The number of fused-ring (bicyclic) bond motifs is 1. The number of hydrogen-bond acceptors (Lipinski definition) is 4. The zero-order chi connectivity index (χ0) is 12.5. The van der Waals surface area contributed by atoms with Crippen LogP contribution >= 0.6 is 0 Å². The van der Waals surface area contributed by atoms with Crippen LogP contribution in [0, 0.1) is 6.92 Å². The first-order chi connectivity index (χ1) is 8.79. The molecule has 0 N–H and O–H groups in total. The highest BCUT2D eigenvalue weighted by atomic mass is 16.7. The summed E-state index contributed by atoms with van der Waals surface area (Å²) in [6.45, 7) is 2.11. The molecule has 0 unspecified atom stereocenters. The molecule has 0 bridgehead atoms. The van der Waals surface area contributed by atoms with Gasteiger partial charge in [-0.25, -0.2) is 0 Å². The molecule has 18 heavy (non-hydrogen) atoms. The molecule has 0 saturated heterocycles. The average molecular weight is 241 g/mol. The van der Waals surface area contributed by atoms with Gasteiger partial charge >= 0.3 is 0 Å². The van der Waals surface area contributed by atoms with Gasteiger partial charge in [-0.15, -0.1) is 0 Å². The maximum Gasteiger partial charge on any atom is 0.231 e. The van der Waals surface area contributed by atoms with Gasteiger partial charge in [-0.3, -0.25) is 9.78 Å². The van der Waals surface area contributed by atoms with Crippen LogP contribution in [0.1, 0.15) is 16.1 Å². The van der Waals surface area contributed by atoms with Crippen LogP contribution in [0.3, 0.4) is 0 Å². The third kappa shape index (κ3) is 1.62. The second-order valence-corrected chi connectivity index (χ2v) is 4.05. The van der Waals surface area contributed by atoms with Gasteiger partial charge in [0.1, 0.15) is 0 Å². The van der Waals surface area contributed by atoms with Crippen LogP contribution in [-0.2, 0) is 0 Å². The summed E-state index contributed by atoms with van der Waals surface area (Å²) in [5.41, 5.74) is 3.20. The van der Waals surface area contributed by atoms with Crippen molar-refractivity contribution >= 4 is 6.29 Å². The fourth-order valence-corrected chi connectivity index (χ4v) is 2.06. The SMILES string of the molecule is Cc1ncccc1-c1cc2c(cc1C=O)OCO2. The first-order valence-corrected chi connectivity index (χ1v) is 5.60. The summed E-state index contributed by atoms with van der Waals surface area (Å²) in [5.74, 6) is 1.28. The number of ether oxygens (including phenoxy) is 2. The van der Waals surface area contributed by atoms with Crippen LogP contribution in [0.25, 0.3) is 11.1 Å². The van der Waals surface area contributed by atoms with Crippen LogP contribution < -0.4 is 9.47 Å². The molecule has 90 valence electrons. The van der Waals surface area contributed by atoms with Crippen LogP contribution in [0.5, 0.6) is 11.5 Å². The van der Waals surface area contributed by atoms with Crippen molar-refractivity contribution in [1.82, 2.24) is 4.98 Å². The summed E-state index contributed by atoms with van der Waals surface area (Å²) in [5, 5.41) is 0. The monoisotopic (exact) mass is 241 g/mol. The average Bonchev–Trinajstić information content (AvgIpc) is 2.85. The van der Waals surface area contributed by atoms with Crippen molar-refractivity contribution in [2.45, 2.75) is 6.92 Å². The second-order valence-electron chi connectivity index (χ2n) is 4.05. The van der Waals surface area contributed by atoms with Crippen molar-refractivity contribution in [3.63, 3.8) is 0 Å². The van der Waals surface area contributed by atoms with E-state index in [1.54, 1.807) is 12.3 Å². The van der Waals surface area contributed by atoms with E-state index in [-0.39, 0.29) is 6.79 Å². The summed E-state index contributed by atoms with van der Waals surface area (Å²) in [4.78, 5) is 15.4.